The first kappa shape index (κ1) is 12.6. The molecule has 0 spiro atoms. The summed E-state index contributed by atoms with van der Waals surface area (Å²) in [5, 5.41) is 8.80. The molecular formula is C12H17N3O3. The smallest absolute Gasteiger partial charge is 0.303 e. The van der Waals surface area contributed by atoms with Crippen molar-refractivity contribution in [1.29, 1.82) is 0 Å². The first-order valence-corrected chi connectivity index (χ1v) is 5.94. The zero-order valence-electron chi connectivity index (χ0n) is 10.6. The normalized spacial score (nSPS) is 19.0. The molecule has 0 radical (unpaired) electrons. The molecule has 1 saturated heterocycles. The fraction of sp³-hybridized carbons (Fsp3) is 0.583. The van der Waals surface area contributed by atoms with Crippen molar-refractivity contribution in [3.8, 4) is 5.88 Å². The lowest BCUT2D eigenvalue weighted by Gasteiger charge is -2.19. The molecule has 0 bridgehead atoms. The van der Waals surface area contributed by atoms with Crippen LogP contribution < -0.4 is 9.64 Å². The number of carbonyl (C=O) groups is 1. The molecule has 1 aromatic rings. The van der Waals surface area contributed by atoms with Crippen LogP contribution in [0.15, 0.2) is 6.33 Å². The van der Waals surface area contributed by atoms with Gasteiger partial charge in [-0.2, -0.15) is 0 Å². The molecule has 2 heterocycles. The van der Waals surface area contributed by atoms with Crippen LogP contribution in [0.1, 0.15) is 18.4 Å². The zero-order chi connectivity index (χ0) is 13.1. The van der Waals surface area contributed by atoms with Gasteiger partial charge in [-0.05, 0) is 19.3 Å². The number of rotatable bonds is 4. The van der Waals surface area contributed by atoms with E-state index in [-0.39, 0.29) is 12.3 Å². The van der Waals surface area contributed by atoms with Gasteiger partial charge in [0.15, 0.2) is 0 Å². The van der Waals surface area contributed by atoms with Gasteiger partial charge in [0.25, 0.3) is 0 Å². The maximum Gasteiger partial charge on any atom is 0.303 e. The van der Waals surface area contributed by atoms with Crippen LogP contribution in [0.3, 0.4) is 0 Å². The molecule has 0 saturated carbocycles. The van der Waals surface area contributed by atoms with Crippen molar-refractivity contribution in [2.75, 3.05) is 25.1 Å². The van der Waals surface area contributed by atoms with Crippen molar-refractivity contribution in [2.24, 2.45) is 5.92 Å². The average Bonchev–Trinajstić information content (AvgIpc) is 2.76. The number of nitrogens with zero attached hydrogens (tertiary/aromatic N) is 3. The van der Waals surface area contributed by atoms with Gasteiger partial charge in [0, 0.05) is 19.5 Å². The van der Waals surface area contributed by atoms with Crippen LogP contribution in [0.25, 0.3) is 0 Å². The van der Waals surface area contributed by atoms with Gasteiger partial charge in [-0.1, -0.05) is 0 Å². The third-order valence-corrected chi connectivity index (χ3v) is 3.25. The summed E-state index contributed by atoms with van der Waals surface area (Å²) in [6.07, 6.45) is 2.58. The third-order valence-electron chi connectivity index (χ3n) is 3.25. The molecule has 98 valence electrons. The van der Waals surface area contributed by atoms with E-state index in [9.17, 15) is 4.79 Å². The van der Waals surface area contributed by atoms with E-state index in [2.05, 4.69) is 14.9 Å². The highest BCUT2D eigenvalue weighted by atomic mass is 16.5. The standard InChI is InChI=1S/C12H17N3O3/c1-8-11(13-7-14-12(8)18-2)15-4-3-9(6-15)5-10(16)17/h7,9H,3-6H2,1-2H3,(H,16,17). The van der Waals surface area contributed by atoms with E-state index in [4.69, 9.17) is 9.84 Å². The molecule has 1 aliphatic heterocycles. The van der Waals surface area contributed by atoms with Crippen LogP contribution >= 0.6 is 0 Å². The Morgan fingerprint density at radius 3 is 3.06 bits per heavy atom. The van der Waals surface area contributed by atoms with Crippen molar-refractivity contribution in [3.63, 3.8) is 0 Å². The first-order chi connectivity index (χ1) is 8.61. The summed E-state index contributed by atoms with van der Waals surface area (Å²) in [5.41, 5.74) is 0.899. The lowest BCUT2D eigenvalue weighted by Crippen LogP contribution is -2.22. The van der Waals surface area contributed by atoms with Gasteiger partial charge in [0.05, 0.1) is 12.7 Å². The maximum atomic E-state index is 10.7. The van der Waals surface area contributed by atoms with E-state index in [0.29, 0.717) is 5.88 Å². The highest BCUT2D eigenvalue weighted by Gasteiger charge is 2.27. The van der Waals surface area contributed by atoms with E-state index in [0.717, 1.165) is 30.9 Å². The third kappa shape index (κ3) is 2.52. The van der Waals surface area contributed by atoms with Gasteiger partial charge in [-0.15, -0.1) is 0 Å². The lowest BCUT2D eigenvalue weighted by molar-refractivity contribution is -0.137. The van der Waals surface area contributed by atoms with Crippen LogP contribution in [0, 0.1) is 12.8 Å². The molecule has 1 unspecified atom stereocenters. The summed E-state index contributed by atoms with van der Waals surface area (Å²) < 4.78 is 5.16. The van der Waals surface area contributed by atoms with E-state index in [1.165, 1.54) is 6.33 Å². The monoisotopic (exact) mass is 251 g/mol. The topological polar surface area (TPSA) is 75.6 Å². The maximum absolute atomic E-state index is 10.7. The largest absolute Gasteiger partial charge is 0.481 e. The van der Waals surface area contributed by atoms with E-state index < -0.39 is 5.97 Å². The Bertz CT molecular complexity index is 450. The molecule has 6 heteroatoms. The molecule has 1 fully saturated rings. The van der Waals surface area contributed by atoms with Gasteiger partial charge in [-0.25, -0.2) is 9.97 Å². The lowest BCUT2D eigenvalue weighted by atomic mass is 10.1. The molecule has 1 aromatic heterocycles. The number of ether oxygens (including phenoxy) is 1. The van der Waals surface area contributed by atoms with Crippen molar-refractivity contribution in [3.05, 3.63) is 11.9 Å². The van der Waals surface area contributed by atoms with Gasteiger partial charge in [-0.3, -0.25) is 4.79 Å². The summed E-state index contributed by atoms with van der Waals surface area (Å²) in [6.45, 7) is 3.48. The van der Waals surface area contributed by atoms with E-state index >= 15 is 0 Å². The average molecular weight is 251 g/mol. The Balaban J connectivity index is 2.12. The summed E-state index contributed by atoms with van der Waals surface area (Å²) in [6, 6.07) is 0. The highest BCUT2D eigenvalue weighted by Crippen LogP contribution is 2.29. The van der Waals surface area contributed by atoms with Crippen LogP contribution in [-0.2, 0) is 4.79 Å². The highest BCUT2D eigenvalue weighted by molar-refractivity contribution is 5.67. The fourth-order valence-corrected chi connectivity index (χ4v) is 2.39. The fourth-order valence-electron chi connectivity index (χ4n) is 2.39. The molecule has 2 rings (SSSR count). The predicted octanol–water partition coefficient (Wildman–Crippen LogP) is 1.09. The van der Waals surface area contributed by atoms with Gasteiger partial charge in [0.2, 0.25) is 5.88 Å². The molecule has 0 aliphatic carbocycles. The minimum atomic E-state index is -0.737. The van der Waals surface area contributed by atoms with E-state index in [1.54, 1.807) is 7.11 Å². The van der Waals surface area contributed by atoms with Crippen molar-refractivity contribution in [1.82, 2.24) is 9.97 Å². The number of hydrogen-bond donors (Lipinski definition) is 1. The second-order valence-electron chi connectivity index (χ2n) is 4.53. The second kappa shape index (κ2) is 5.20. The number of methoxy groups -OCH3 is 1. The number of anilines is 1. The van der Waals surface area contributed by atoms with Gasteiger partial charge < -0.3 is 14.7 Å². The number of carboxylic acids is 1. The van der Waals surface area contributed by atoms with Crippen molar-refractivity contribution < 1.29 is 14.6 Å². The van der Waals surface area contributed by atoms with Gasteiger partial charge >= 0.3 is 5.97 Å². The van der Waals surface area contributed by atoms with Crippen molar-refractivity contribution in [2.45, 2.75) is 19.8 Å². The van der Waals surface area contributed by atoms with Gasteiger partial charge in [0.1, 0.15) is 12.1 Å². The summed E-state index contributed by atoms with van der Waals surface area (Å²) in [7, 11) is 1.58. The SMILES string of the molecule is COc1ncnc(N2CCC(CC(=O)O)C2)c1C. The Labute approximate surface area is 106 Å². The Morgan fingerprint density at radius 1 is 1.61 bits per heavy atom. The first-order valence-electron chi connectivity index (χ1n) is 5.94. The molecule has 1 N–H and O–H groups in total. The van der Waals surface area contributed by atoms with Crippen LogP contribution in [0.2, 0.25) is 0 Å². The second-order valence-corrected chi connectivity index (χ2v) is 4.53. The number of aromatic nitrogens is 2. The Hall–Kier alpha value is -1.85. The summed E-state index contributed by atoms with van der Waals surface area (Å²) in [5.74, 6) is 0.873. The summed E-state index contributed by atoms with van der Waals surface area (Å²) >= 11 is 0. The quantitative estimate of drug-likeness (QED) is 0.863. The molecule has 1 aliphatic rings. The molecule has 6 nitrogen and oxygen atoms in total. The van der Waals surface area contributed by atoms with E-state index in [1.807, 2.05) is 6.92 Å². The molecule has 0 amide bonds. The predicted molar refractivity (Wildman–Crippen MR) is 65.9 cm³/mol. The molecule has 18 heavy (non-hydrogen) atoms. The number of hydrogen-bond acceptors (Lipinski definition) is 5. The number of carboxylic acid groups (broad SMARTS) is 1. The number of aliphatic carboxylic acids is 1. The zero-order valence-corrected chi connectivity index (χ0v) is 10.6. The van der Waals surface area contributed by atoms with Crippen molar-refractivity contribution >= 4 is 11.8 Å². The van der Waals surface area contributed by atoms with Crippen LogP contribution in [0.5, 0.6) is 5.88 Å². The Morgan fingerprint density at radius 2 is 2.39 bits per heavy atom. The molecule has 0 aromatic carbocycles. The Kier molecular flexibility index (Phi) is 3.64. The van der Waals surface area contributed by atoms with Crippen LogP contribution in [0.4, 0.5) is 5.82 Å². The molecular weight excluding hydrogens is 234 g/mol. The molecule has 1 atom stereocenters. The summed E-state index contributed by atoms with van der Waals surface area (Å²) in [4.78, 5) is 21.1. The minimum Gasteiger partial charge on any atom is -0.481 e. The minimum absolute atomic E-state index is 0.197. The van der Waals surface area contributed by atoms with Crippen LogP contribution in [-0.4, -0.2) is 41.2 Å².